The van der Waals surface area contributed by atoms with Gasteiger partial charge in [0.15, 0.2) is 17.1 Å². The first kappa shape index (κ1) is 21.7. The fourth-order valence-corrected chi connectivity index (χ4v) is 5.15. The molecule has 0 radical (unpaired) electrons. The maximum absolute atomic E-state index is 14.4. The summed E-state index contributed by atoms with van der Waals surface area (Å²) in [7, 11) is 0. The number of aromatic nitrogens is 1. The summed E-state index contributed by atoms with van der Waals surface area (Å²) in [5.74, 6) is -2.15. The van der Waals surface area contributed by atoms with Gasteiger partial charge >= 0.3 is 0 Å². The number of benzene rings is 2. The van der Waals surface area contributed by atoms with Crippen molar-refractivity contribution in [2.75, 3.05) is 31.0 Å². The highest BCUT2D eigenvalue weighted by atomic mass is 32.2. The molecule has 2 aromatic carbocycles. The number of carbonyl (C=O) groups is 1. The van der Waals surface area contributed by atoms with Gasteiger partial charge in [-0.25, -0.2) is 8.78 Å². The average molecular weight is 470 g/mol. The number of pyridine rings is 1. The summed E-state index contributed by atoms with van der Waals surface area (Å²) in [5.41, 5.74) is 1.31. The Morgan fingerprint density at radius 3 is 2.67 bits per heavy atom. The van der Waals surface area contributed by atoms with Gasteiger partial charge in [0.05, 0.1) is 19.3 Å². The van der Waals surface area contributed by atoms with Crippen molar-refractivity contribution in [1.82, 2.24) is 9.58 Å². The molecule has 2 aliphatic heterocycles. The van der Waals surface area contributed by atoms with E-state index < -0.39 is 23.8 Å². The molecule has 0 aliphatic carbocycles. The van der Waals surface area contributed by atoms with Crippen LogP contribution in [0.4, 0.5) is 8.78 Å². The summed E-state index contributed by atoms with van der Waals surface area (Å²) >= 11 is 1.54. The van der Waals surface area contributed by atoms with Gasteiger partial charge in [0.1, 0.15) is 11.9 Å². The van der Waals surface area contributed by atoms with Gasteiger partial charge in [0.2, 0.25) is 0 Å². The van der Waals surface area contributed by atoms with Crippen LogP contribution in [0, 0.1) is 11.6 Å². The first-order valence-corrected chi connectivity index (χ1v) is 11.7. The van der Waals surface area contributed by atoms with Crippen LogP contribution < -0.4 is 10.4 Å². The van der Waals surface area contributed by atoms with Crippen molar-refractivity contribution in [2.24, 2.45) is 0 Å². The molecule has 170 valence electrons. The van der Waals surface area contributed by atoms with Crippen LogP contribution >= 0.6 is 11.8 Å². The molecular weight excluding hydrogens is 448 g/mol. The van der Waals surface area contributed by atoms with E-state index in [4.69, 9.17) is 4.74 Å². The van der Waals surface area contributed by atoms with Crippen molar-refractivity contribution in [3.8, 4) is 0 Å². The minimum absolute atomic E-state index is 0.217. The molecule has 1 fully saturated rings. The van der Waals surface area contributed by atoms with Crippen LogP contribution in [0.3, 0.4) is 0 Å². The average Bonchev–Trinajstić information content (AvgIpc) is 2.84. The number of fused-ring (bicyclic) bond motifs is 2. The van der Waals surface area contributed by atoms with Crippen LogP contribution in [0.5, 0.6) is 0 Å². The molecule has 6 nitrogen and oxygen atoms in total. The topological polar surface area (TPSA) is 54.8 Å². The van der Waals surface area contributed by atoms with Crippen LogP contribution in [0.1, 0.15) is 27.7 Å². The zero-order valence-corrected chi connectivity index (χ0v) is 18.6. The van der Waals surface area contributed by atoms with Gasteiger partial charge in [-0.1, -0.05) is 24.3 Å². The van der Waals surface area contributed by atoms with Gasteiger partial charge in [0, 0.05) is 29.8 Å². The number of morpholine rings is 1. The number of carbonyl (C=O) groups excluding carboxylic acids is 1. The maximum Gasteiger partial charge on any atom is 0.274 e. The van der Waals surface area contributed by atoms with Crippen molar-refractivity contribution in [1.29, 1.82) is 0 Å². The Morgan fingerprint density at radius 1 is 1.06 bits per heavy atom. The Balaban J connectivity index is 1.79. The second-order valence-corrected chi connectivity index (χ2v) is 8.69. The zero-order chi connectivity index (χ0) is 23.1. The van der Waals surface area contributed by atoms with Crippen molar-refractivity contribution in [2.45, 2.75) is 17.1 Å². The number of halogens is 2. The first-order chi connectivity index (χ1) is 16.0. The van der Waals surface area contributed by atoms with E-state index in [0.717, 1.165) is 16.5 Å². The molecule has 0 saturated carbocycles. The molecule has 0 N–H and O–H groups in total. The Morgan fingerprint density at radius 2 is 1.88 bits per heavy atom. The molecule has 3 aromatic rings. The zero-order valence-electron chi connectivity index (χ0n) is 17.8. The molecule has 9 heteroatoms. The molecule has 1 unspecified atom stereocenters. The summed E-state index contributed by atoms with van der Waals surface area (Å²) in [5, 5.41) is 1.91. The molecule has 0 spiro atoms. The summed E-state index contributed by atoms with van der Waals surface area (Å²) < 4.78 is 35.6. The van der Waals surface area contributed by atoms with E-state index in [2.05, 4.69) is 0 Å². The van der Waals surface area contributed by atoms with Crippen LogP contribution in [0.15, 0.2) is 70.5 Å². The standard InChI is InChI=1S/C24H21F2N3O3S/c1-33-21-5-3-2-4-17(21)23(15-6-7-18(25)19(26)12-15)29-22-14-32-11-10-27(22)24(31)20-13-16(30)8-9-28(20)29/h2-9,12-13,22-23H,10-11,14H2,1H3/t22-,23?/m1/s1. The predicted molar refractivity (Wildman–Crippen MR) is 121 cm³/mol. The fraction of sp³-hybridized carbons (Fsp3) is 0.250. The van der Waals surface area contributed by atoms with Crippen molar-refractivity contribution in [3.05, 3.63) is 99.5 Å². The van der Waals surface area contributed by atoms with Gasteiger partial charge < -0.3 is 9.64 Å². The third kappa shape index (κ3) is 3.71. The van der Waals surface area contributed by atoms with E-state index in [0.29, 0.717) is 18.7 Å². The summed E-state index contributed by atoms with van der Waals surface area (Å²) in [6, 6.07) is 13.6. The monoisotopic (exact) mass is 469 g/mol. The molecule has 1 amide bonds. The summed E-state index contributed by atoms with van der Waals surface area (Å²) in [6.07, 6.45) is 2.99. The highest BCUT2D eigenvalue weighted by molar-refractivity contribution is 7.98. The van der Waals surface area contributed by atoms with Gasteiger partial charge in [0.25, 0.3) is 5.91 Å². The van der Waals surface area contributed by atoms with Gasteiger partial charge in [-0.05, 0) is 35.6 Å². The molecule has 2 aliphatic rings. The van der Waals surface area contributed by atoms with Crippen molar-refractivity contribution >= 4 is 17.7 Å². The lowest BCUT2D eigenvalue weighted by molar-refractivity contribution is -0.0194. The lowest BCUT2D eigenvalue weighted by atomic mass is 9.96. The van der Waals surface area contributed by atoms with Crippen LogP contribution in [-0.2, 0) is 4.74 Å². The number of rotatable bonds is 4. The van der Waals surface area contributed by atoms with E-state index in [1.807, 2.05) is 35.5 Å². The smallest absolute Gasteiger partial charge is 0.274 e. The normalized spacial score (nSPS) is 18.6. The Bertz CT molecular complexity index is 1280. The number of hydrogen-bond donors (Lipinski definition) is 0. The third-order valence-corrected chi connectivity index (χ3v) is 6.81. The van der Waals surface area contributed by atoms with E-state index in [1.165, 1.54) is 30.0 Å². The number of ether oxygens (including phenoxy) is 1. The fourth-order valence-electron chi connectivity index (χ4n) is 4.52. The molecule has 1 saturated heterocycles. The molecular formula is C24H21F2N3O3S. The Hall–Kier alpha value is -3.17. The number of nitrogens with zero attached hydrogens (tertiary/aromatic N) is 3. The number of hydrogen-bond acceptors (Lipinski definition) is 5. The van der Waals surface area contributed by atoms with Crippen LogP contribution in [0.2, 0.25) is 0 Å². The Labute approximate surface area is 193 Å². The molecule has 0 bridgehead atoms. The van der Waals surface area contributed by atoms with Gasteiger partial charge in [-0.2, -0.15) is 0 Å². The van der Waals surface area contributed by atoms with Crippen LogP contribution in [0.25, 0.3) is 0 Å². The van der Waals surface area contributed by atoms with E-state index >= 15 is 0 Å². The third-order valence-electron chi connectivity index (χ3n) is 6.00. The van der Waals surface area contributed by atoms with E-state index in [-0.39, 0.29) is 23.6 Å². The second kappa shape index (κ2) is 8.64. The maximum atomic E-state index is 14.4. The number of amides is 1. The lowest BCUT2D eigenvalue weighted by Crippen LogP contribution is -2.66. The largest absolute Gasteiger partial charge is 0.375 e. The molecule has 3 heterocycles. The Kier molecular flexibility index (Phi) is 5.67. The molecule has 1 aromatic heterocycles. The first-order valence-electron chi connectivity index (χ1n) is 10.5. The van der Waals surface area contributed by atoms with Crippen molar-refractivity contribution in [3.63, 3.8) is 0 Å². The van der Waals surface area contributed by atoms with Gasteiger partial charge in [-0.3, -0.25) is 19.3 Å². The molecule has 5 rings (SSSR count). The molecule has 33 heavy (non-hydrogen) atoms. The van der Waals surface area contributed by atoms with Crippen LogP contribution in [-0.4, -0.2) is 47.7 Å². The van der Waals surface area contributed by atoms with Crippen molar-refractivity contribution < 1.29 is 18.3 Å². The SMILES string of the molecule is CSc1ccccc1C(c1ccc(F)c(F)c1)N1[C@@H]2COCCN2C(=O)c2cc(=O)ccn21. The summed E-state index contributed by atoms with van der Waals surface area (Å²) in [4.78, 5) is 28.0. The van der Waals surface area contributed by atoms with E-state index in [9.17, 15) is 18.4 Å². The number of thioether (sulfide) groups is 1. The summed E-state index contributed by atoms with van der Waals surface area (Å²) in [6.45, 7) is 0.973. The quantitative estimate of drug-likeness (QED) is 0.549. The predicted octanol–water partition coefficient (Wildman–Crippen LogP) is 3.39. The van der Waals surface area contributed by atoms with Gasteiger partial charge in [-0.15, -0.1) is 11.8 Å². The molecule has 2 atom stereocenters. The minimum atomic E-state index is -0.955. The minimum Gasteiger partial charge on any atom is -0.375 e. The highest BCUT2D eigenvalue weighted by Gasteiger charge is 2.43. The lowest BCUT2D eigenvalue weighted by Gasteiger charge is -2.51. The second-order valence-electron chi connectivity index (χ2n) is 7.84. The highest BCUT2D eigenvalue weighted by Crippen LogP contribution is 2.38. The van der Waals surface area contributed by atoms with E-state index in [1.54, 1.807) is 21.8 Å².